The highest BCUT2D eigenvalue weighted by molar-refractivity contribution is 5.80. The fourth-order valence-corrected chi connectivity index (χ4v) is 2.40. The van der Waals surface area contributed by atoms with Crippen LogP contribution < -0.4 is 10.6 Å². The third-order valence-corrected chi connectivity index (χ3v) is 3.83. The Bertz CT molecular complexity index is 476. The lowest BCUT2D eigenvalue weighted by Gasteiger charge is -2.24. The van der Waals surface area contributed by atoms with Gasteiger partial charge in [-0.3, -0.25) is 4.79 Å². The van der Waals surface area contributed by atoms with Crippen LogP contribution in [0.5, 0.6) is 0 Å². The number of carbonyl (C=O) groups is 1. The summed E-state index contributed by atoms with van der Waals surface area (Å²) in [4.78, 5) is 13.2. The molecule has 1 aromatic rings. The average Bonchev–Trinajstić information content (AvgIpc) is 2.72. The van der Waals surface area contributed by atoms with Gasteiger partial charge in [0.15, 0.2) is 0 Å². The largest absolute Gasteiger partial charge is 0.480 e. The van der Waals surface area contributed by atoms with Crippen molar-refractivity contribution in [2.45, 2.75) is 38.1 Å². The van der Waals surface area contributed by atoms with Crippen molar-refractivity contribution in [3.63, 3.8) is 0 Å². The summed E-state index contributed by atoms with van der Waals surface area (Å²) in [6.07, 6.45) is 0.489. The van der Waals surface area contributed by atoms with Gasteiger partial charge in [0.2, 0.25) is 0 Å². The standard InChI is InChI=1S/C15H22N2O2/c1-14(2,3)11-4-6-12(7-5-11)17-9-8-15(16,10-17)13(18)19/h4-7H,8-10,16H2,1-3H3,(H,18,19). The van der Waals surface area contributed by atoms with Gasteiger partial charge in [0.25, 0.3) is 0 Å². The molecule has 0 radical (unpaired) electrons. The lowest BCUT2D eigenvalue weighted by Crippen LogP contribution is -2.50. The third-order valence-electron chi connectivity index (χ3n) is 3.83. The van der Waals surface area contributed by atoms with Crippen molar-refractivity contribution in [2.24, 2.45) is 5.73 Å². The van der Waals surface area contributed by atoms with E-state index in [1.165, 1.54) is 5.56 Å². The van der Waals surface area contributed by atoms with E-state index in [0.717, 1.165) is 5.69 Å². The Hall–Kier alpha value is -1.55. The molecule has 0 spiro atoms. The first-order chi connectivity index (χ1) is 8.72. The number of benzene rings is 1. The summed E-state index contributed by atoms with van der Waals surface area (Å²) in [7, 11) is 0. The molecule has 1 aliphatic rings. The predicted molar refractivity (Wildman–Crippen MR) is 76.5 cm³/mol. The second kappa shape index (κ2) is 4.53. The summed E-state index contributed by atoms with van der Waals surface area (Å²) in [5, 5.41) is 9.14. The first kappa shape index (κ1) is 13.9. The Labute approximate surface area is 114 Å². The number of aliphatic carboxylic acids is 1. The molecule has 0 amide bonds. The smallest absolute Gasteiger partial charge is 0.325 e. The number of hydrogen-bond donors (Lipinski definition) is 2. The zero-order valence-electron chi connectivity index (χ0n) is 11.8. The first-order valence-corrected chi connectivity index (χ1v) is 6.60. The molecular weight excluding hydrogens is 240 g/mol. The van der Waals surface area contributed by atoms with Crippen LogP contribution in [0, 0.1) is 0 Å². The van der Waals surface area contributed by atoms with Crippen LogP contribution >= 0.6 is 0 Å². The minimum absolute atomic E-state index is 0.127. The maximum Gasteiger partial charge on any atom is 0.325 e. The summed E-state index contributed by atoms with van der Waals surface area (Å²) in [6, 6.07) is 8.31. The Kier molecular flexibility index (Phi) is 3.31. The second-order valence-electron chi connectivity index (χ2n) is 6.43. The van der Waals surface area contributed by atoms with Gasteiger partial charge >= 0.3 is 5.97 Å². The van der Waals surface area contributed by atoms with Crippen molar-refractivity contribution in [2.75, 3.05) is 18.0 Å². The lowest BCUT2D eigenvalue weighted by molar-refractivity contribution is -0.142. The molecule has 0 bridgehead atoms. The lowest BCUT2D eigenvalue weighted by atomic mass is 9.87. The maximum atomic E-state index is 11.1. The highest BCUT2D eigenvalue weighted by atomic mass is 16.4. The molecule has 1 saturated heterocycles. The van der Waals surface area contributed by atoms with Gasteiger partial charge < -0.3 is 15.7 Å². The molecule has 1 unspecified atom stereocenters. The molecule has 1 heterocycles. The fourth-order valence-electron chi connectivity index (χ4n) is 2.40. The highest BCUT2D eigenvalue weighted by Crippen LogP contribution is 2.28. The van der Waals surface area contributed by atoms with Gasteiger partial charge in [0.1, 0.15) is 5.54 Å². The van der Waals surface area contributed by atoms with Crippen molar-refractivity contribution in [3.05, 3.63) is 29.8 Å². The molecule has 104 valence electrons. The molecule has 2 rings (SSSR count). The fraction of sp³-hybridized carbons (Fsp3) is 0.533. The van der Waals surface area contributed by atoms with E-state index in [1.54, 1.807) is 0 Å². The quantitative estimate of drug-likeness (QED) is 0.855. The second-order valence-corrected chi connectivity index (χ2v) is 6.43. The molecule has 1 fully saturated rings. The topological polar surface area (TPSA) is 66.6 Å². The summed E-state index contributed by atoms with van der Waals surface area (Å²) in [5.74, 6) is -0.915. The van der Waals surface area contributed by atoms with E-state index in [2.05, 4.69) is 32.9 Å². The Balaban J connectivity index is 2.15. The number of anilines is 1. The normalized spacial score (nSPS) is 23.7. The summed E-state index contributed by atoms with van der Waals surface area (Å²) in [6.45, 7) is 7.59. The minimum atomic E-state index is -1.11. The molecule has 1 aromatic carbocycles. The molecule has 0 aromatic heterocycles. The first-order valence-electron chi connectivity index (χ1n) is 6.60. The number of hydrogen-bond acceptors (Lipinski definition) is 3. The molecule has 0 saturated carbocycles. The molecular formula is C15H22N2O2. The van der Waals surface area contributed by atoms with Crippen LogP contribution in [0.15, 0.2) is 24.3 Å². The molecule has 4 heteroatoms. The zero-order valence-corrected chi connectivity index (χ0v) is 11.8. The summed E-state index contributed by atoms with van der Waals surface area (Å²) < 4.78 is 0. The van der Waals surface area contributed by atoms with E-state index >= 15 is 0 Å². The molecule has 3 N–H and O–H groups in total. The van der Waals surface area contributed by atoms with Crippen molar-refractivity contribution in [1.82, 2.24) is 0 Å². The van der Waals surface area contributed by atoms with Gasteiger partial charge in [-0.2, -0.15) is 0 Å². The van der Waals surface area contributed by atoms with E-state index in [-0.39, 0.29) is 5.41 Å². The van der Waals surface area contributed by atoms with E-state index in [0.29, 0.717) is 19.5 Å². The Morgan fingerprint density at radius 2 is 1.89 bits per heavy atom. The van der Waals surface area contributed by atoms with Crippen LogP contribution in [0.4, 0.5) is 5.69 Å². The number of carboxylic acid groups (broad SMARTS) is 1. The number of nitrogens with zero attached hydrogens (tertiary/aromatic N) is 1. The van der Waals surface area contributed by atoms with Gasteiger partial charge in [0, 0.05) is 18.8 Å². The summed E-state index contributed by atoms with van der Waals surface area (Å²) in [5.41, 5.74) is 7.22. The van der Waals surface area contributed by atoms with Gasteiger partial charge in [-0.25, -0.2) is 0 Å². The monoisotopic (exact) mass is 262 g/mol. The van der Waals surface area contributed by atoms with Gasteiger partial charge in [-0.05, 0) is 29.5 Å². The molecule has 0 aliphatic carbocycles. The third kappa shape index (κ3) is 2.73. The van der Waals surface area contributed by atoms with Gasteiger partial charge in [-0.15, -0.1) is 0 Å². The van der Waals surface area contributed by atoms with Crippen molar-refractivity contribution in [1.29, 1.82) is 0 Å². The number of carboxylic acids is 1. The minimum Gasteiger partial charge on any atom is -0.480 e. The number of nitrogens with two attached hydrogens (primary N) is 1. The maximum absolute atomic E-state index is 11.1. The van der Waals surface area contributed by atoms with Crippen LogP contribution in [-0.2, 0) is 10.2 Å². The molecule has 4 nitrogen and oxygen atoms in total. The van der Waals surface area contributed by atoms with E-state index in [1.807, 2.05) is 17.0 Å². The van der Waals surface area contributed by atoms with Crippen LogP contribution in [0.2, 0.25) is 0 Å². The molecule has 1 aliphatic heterocycles. The Morgan fingerprint density at radius 1 is 1.32 bits per heavy atom. The van der Waals surface area contributed by atoms with Crippen molar-refractivity contribution >= 4 is 11.7 Å². The highest BCUT2D eigenvalue weighted by Gasteiger charge is 2.41. The van der Waals surface area contributed by atoms with E-state index in [4.69, 9.17) is 10.8 Å². The molecule has 19 heavy (non-hydrogen) atoms. The zero-order chi connectivity index (χ0) is 14.3. The summed E-state index contributed by atoms with van der Waals surface area (Å²) >= 11 is 0. The van der Waals surface area contributed by atoms with Crippen LogP contribution in [0.3, 0.4) is 0 Å². The SMILES string of the molecule is CC(C)(C)c1ccc(N2CCC(N)(C(=O)O)C2)cc1. The van der Waals surface area contributed by atoms with Gasteiger partial charge in [0.05, 0.1) is 0 Å². The van der Waals surface area contributed by atoms with Crippen LogP contribution in [0.1, 0.15) is 32.8 Å². The van der Waals surface area contributed by atoms with Crippen molar-refractivity contribution < 1.29 is 9.90 Å². The van der Waals surface area contributed by atoms with E-state index < -0.39 is 11.5 Å². The van der Waals surface area contributed by atoms with E-state index in [9.17, 15) is 4.79 Å². The van der Waals surface area contributed by atoms with Crippen LogP contribution in [-0.4, -0.2) is 29.7 Å². The van der Waals surface area contributed by atoms with Crippen LogP contribution in [0.25, 0.3) is 0 Å². The average molecular weight is 262 g/mol. The Morgan fingerprint density at radius 3 is 2.32 bits per heavy atom. The molecule has 1 atom stereocenters. The predicted octanol–water partition coefficient (Wildman–Crippen LogP) is 1.98. The van der Waals surface area contributed by atoms with Gasteiger partial charge in [-0.1, -0.05) is 32.9 Å². The number of rotatable bonds is 2. The van der Waals surface area contributed by atoms with Crippen molar-refractivity contribution in [3.8, 4) is 0 Å².